The zero-order valence-electron chi connectivity index (χ0n) is 12.2. The topological polar surface area (TPSA) is 55.6 Å². The normalized spacial score (nSPS) is 16.2. The molecule has 0 aromatic heterocycles. The highest BCUT2D eigenvalue weighted by atomic mass is 16.5. The van der Waals surface area contributed by atoms with E-state index in [4.69, 9.17) is 10.5 Å². The van der Waals surface area contributed by atoms with E-state index in [0.29, 0.717) is 12.3 Å². The van der Waals surface area contributed by atoms with Crippen LogP contribution in [0.25, 0.3) is 0 Å². The first-order chi connectivity index (χ1) is 9.72. The van der Waals surface area contributed by atoms with Crippen molar-refractivity contribution in [2.45, 2.75) is 25.7 Å². The second kappa shape index (κ2) is 7.29. The van der Waals surface area contributed by atoms with E-state index in [1.807, 2.05) is 29.2 Å². The maximum absolute atomic E-state index is 12.2. The average molecular weight is 276 g/mol. The molecule has 0 unspecified atom stereocenters. The van der Waals surface area contributed by atoms with Gasteiger partial charge in [-0.05, 0) is 49.4 Å². The average Bonchev–Trinajstić information content (AvgIpc) is 2.53. The van der Waals surface area contributed by atoms with E-state index in [9.17, 15) is 4.79 Å². The highest BCUT2D eigenvalue weighted by Gasteiger charge is 2.21. The molecular weight excluding hydrogens is 252 g/mol. The SMILES string of the molecule is COc1ccc(CCC(=O)N2CCC(CN)CC2)cc1. The number of piperidine rings is 1. The number of aryl methyl sites for hydroxylation is 1. The molecule has 110 valence electrons. The van der Waals surface area contributed by atoms with E-state index in [-0.39, 0.29) is 5.91 Å². The van der Waals surface area contributed by atoms with Crippen molar-refractivity contribution in [3.8, 4) is 5.75 Å². The number of hydrogen-bond acceptors (Lipinski definition) is 3. The number of ether oxygens (including phenoxy) is 1. The molecule has 4 nitrogen and oxygen atoms in total. The molecule has 0 atom stereocenters. The van der Waals surface area contributed by atoms with Crippen molar-refractivity contribution in [2.24, 2.45) is 11.7 Å². The Bertz CT molecular complexity index is 423. The lowest BCUT2D eigenvalue weighted by atomic mass is 9.96. The van der Waals surface area contributed by atoms with Gasteiger partial charge in [0, 0.05) is 19.5 Å². The molecule has 1 heterocycles. The molecule has 0 aliphatic carbocycles. The third kappa shape index (κ3) is 3.97. The van der Waals surface area contributed by atoms with Crippen molar-refractivity contribution in [3.05, 3.63) is 29.8 Å². The van der Waals surface area contributed by atoms with Gasteiger partial charge < -0.3 is 15.4 Å². The third-order valence-electron chi connectivity index (χ3n) is 4.09. The van der Waals surface area contributed by atoms with E-state index >= 15 is 0 Å². The molecule has 1 saturated heterocycles. The van der Waals surface area contributed by atoms with Crippen molar-refractivity contribution >= 4 is 5.91 Å². The van der Waals surface area contributed by atoms with Crippen molar-refractivity contribution in [2.75, 3.05) is 26.7 Å². The van der Waals surface area contributed by atoms with Crippen LogP contribution in [-0.4, -0.2) is 37.6 Å². The number of rotatable bonds is 5. The Morgan fingerprint density at radius 1 is 1.30 bits per heavy atom. The van der Waals surface area contributed by atoms with Crippen molar-refractivity contribution in [3.63, 3.8) is 0 Å². The molecule has 0 spiro atoms. The fourth-order valence-electron chi connectivity index (χ4n) is 2.62. The Morgan fingerprint density at radius 3 is 2.50 bits per heavy atom. The summed E-state index contributed by atoms with van der Waals surface area (Å²) in [7, 11) is 1.66. The molecule has 1 aliphatic heterocycles. The van der Waals surface area contributed by atoms with Crippen LogP contribution in [0.15, 0.2) is 24.3 Å². The number of nitrogens with zero attached hydrogens (tertiary/aromatic N) is 1. The molecule has 0 saturated carbocycles. The van der Waals surface area contributed by atoms with Crippen LogP contribution in [0.4, 0.5) is 0 Å². The first-order valence-electron chi connectivity index (χ1n) is 7.33. The van der Waals surface area contributed by atoms with Crippen LogP contribution in [0.2, 0.25) is 0 Å². The molecule has 2 rings (SSSR count). The molecule has 1 aliphatic rings. The van der Waals surface area contributed by atoms with Gasteiger partial charge in [-0.25, -0.2) is 0 Å². The predicted molar refractivity (Wildman–Crippen MR) is 79.7 cm³/mol. The van der Waals surface area contributed by atoms with Crippen LogP contribution < -0.4 is 10.5 Å². The van der Waals surface area contributed by atoms with Gasteiger partial charge in [-0.15, -0.1) is 0 Å². The molecule has 0 radical (unpaired) electrons. The number of likely N-dealkylation sites (tertiary alicyclic amines) is 1. The number of nitrogens with two attached hydrogens (primary N) is 1. The summed E-state index contributed by atoms with van der Waals surface area (Å²) in [6, 6.07) is 7.92. The van der Waals surface area contributed by atoms with Gasteiger partial charge in [0.1, 0.15) is 5.75 Å². The fraction of sp³-hybridized carbons (Fsp3) is 0.562. The summed E-state index contributed by atoms with van der Waals surface area (Å²) in [5.74, 6) is 1.71. The van der Waals surface area contributed by atoms with E-state index in [1.165, 1.54) is 5.56 Å². The number of methoxy groups -OCH3 is 1. The number of amides is 1. The first-order valence-corrected chi connectivity index (χ1v) is 7.33. The molecule has 1 amide bonds. The van der Waals surface area contributed by atoms with Gasteiger partial charge in [0.25, 0.3) is 0 Å². The minimum Gasteiger partial charge on any atom is -0.497 e. The van der Waals surface area contributed by atoms with Crippen LogP contribution in [0.5, 0.6) is 5.75 Å². The number of hydrogen-bond donors (Lipinski definition) is 1. The van der Waals surface area contributed by atoms with Crippen LogP contribution >= 0.6 is 0 Å². The van der Waals surface area contributed by atoms with Gasteiger partial charge >= 0.3 is 0 Å². The summed E-state index contributed by atoms with van der Waals surface area (Å²) in [5, 5.41) is 0. The molecule has 1 fully saturated rings. The fourth-order valence-corrected chi connectivity index (χ4v) is 2.62. The Morgan fingerprint density at radius 2 is 1.95 bits per heavy atom. The van der Waals surface area contributed by atoms with Crippen molar-refractivity contribution in [1.82, 2.24) is 4.90 Å². The Kier molecular flexibility index (Phi) is 5.41. The Balaban J connectivity index is 1.77. The van der Waals surface area contributed by atoms with Crippen LogP contribution in [-0.2, 0) is 11.2 Å². The zero-order valence-corrected chi connectivity index (χ0v) is 12.2. The lowest BCUT2D eigenvalue weighted by Gasteiger charge is -2.31. The van der Waals surface area contributed by atoms with E-state index in [2.05, 4.69) is 0 Å². The summed E-state index contributed by atoms with van der Waals surface area (Å²) in [5.41, 5.74) is 6.85. The molecule has 1 aromatic carbocycles. The van der Waals surface area contributed by atoms with E-state index in [1.54, 1.807) is 7.11 Å². The largest absolute Gasteiger partial charge is 0.497 e. The number of benzene rings is 1. The Hall–Kier alpha value is -1.55. The lowest BCUT2D eigenvalue weighted by Crippen LogP contribution is -2.40. The lowest BCUT2D eigenvalue weighted by molar-refractivity contribution is -0.132. The maximum atomic E-state index is 12.2. The molecule has 2 N–H and O–H groups in total. The second-order valence-corrected chi connectivity index (χ2v) is 5.41. The monoisotopic (exact) mass is 276 g/mol. The molecule has 1 aromatic rings. The third-order valence-corrected chi connectivity index (χ3v) is 4.09. The smallest absolute Gasteiger partial charge is 0.222 e. The predicted octanol–water partition coefficient (Wildman–Crippen LogP) is 1.83. The number of carbonyl (C=O) groups is 1. The van der Waals surface area contributed by atoms with E-state index in [0.717, 1.165) is 44.6 Å². The summed E-state index contributed by atoms with van der Waals surface area (Å²) in [6.07, 6.45) is 3.47. The Labute approximate surface area is 120 Å². The van der Waals surface area contributed by atoms with Gasteiger partial charge in [-0.2, -0.15) is 0 Å². The minimum absolute atomic E-state index is 0.260. The van der Waals surface area contributed by atoms with E-state index < -0.39 is 0 Å². The molecular formula is C16H24N2O2. The maximum Gasteiger partial charge on any atom is 0.222 e. The van der Waals surface area contributed by atoms with Crippen LogP contribution in [0, 0.1) is 5.92 Å². The molecule has 0 bridgehead atoms. The van der Waals surface area contributed by atoms with Crippen molar-refractivity contribution < 1.29 is 9.53 Å². The summed E-state index contributed by atoms with van der Waals surface area (Å²) < 4.78 is 5.13. The first kappa shape index (κ1) is 14.9. The summed E-state index contributed by atoms with van der Waals surface area (Å²) >= 11 is 0. The van der Waals surface area contributed by atoms with Crippen molar-refractivity contribution in [1.29, 1.82) is 0 Å². The molecule has 4 heteroatoms. The summed E-state index contributed by atoms with van der Waals surface area (Å²) in [6.45, 7) is 2.47. The van der Waals surface area contributed by atoms with Crippen LogP contribution in [0.1, 0.15) is 24.8 Å². The number of carbonyl (C=O) groups excluding carboxylic acids is 1. The quantitative estimate of drug-likeness (QED) is 0.892. The standard InChI is InChI=1S/C16H24N2O2/c1-20-15-5-2-13(3-6-15)4-7-16(19)18-10-8-14(12-17)9-11-18/h2-3,5-6,14H,4,7-12,17H2,1H3. The molecule has 20 heavy (non-hydrogen) atoms. The van der Waals surface area contributed by atoms with Gasteiger partial charge in [-0.1, -0.05) is 12.1 Å². The van der Waals surface area contributed by atoms with Gasteiger partial charge in [0.05, 0.1) is 7.11 Å². The second-order valence-electron chi connectivity index (χ2n) is 5.41. The van der Waals surface area contributed by atoms with Gasteiger partial charge in [0.15, 0.2) is 0 Å². The minimum atomic E-state index is 0.260. The zero-order chi connectivity index (χ0) is 14.4. The van der Waals surface area contributed by atoms with Gasteiger partial charge in [0.2, 0.25) is 5.91 Å². The highest BCUT2D eigenvalue weighted by molar-refractivity contribution is 5.76. The van der Waals surface area contributed by atoms with Crippen LogP contribution in [0.3, 0.4) is 0 Å². The highest BCUT2D eigenvalue weighted by Crippen LogP contribution is 2.17. The summed E-state index contributed by atoms with van der Waals surface area (Å²) in [4.78, 5) is 14.1. The van der Waals surface area contributed by atoms with Gasteiger partial charge in [-0.3, -0.25) is 4.79 Å².